The predicted molar refractivity (Wildman–Crippen MR) is 181 cm³/mol. The van der Waals surface area contributed by atoms with Crippen LogP contribution >= 0.6 is 11.6 Å². The summed E-state index contributed by atoms with van der Waals surface area (Å²) in [6, 6.07) is 8.41. The third kappa shape index (κ3) is 8.86. The van der Waals surface area contributed by atoms with Crippen molar-refractivity contribution >= 4 is 39.4 Å². The van der Waals surface area contributed by atoms with Crippen molar-refractivity contribution in [2.75, 3.05) is 25.0 Å². The van der Waals surface area contributed by atoms with E-state index in [0.717, 1.165) is 6.42 Å². The first kappa shape index (κ1) is 38.1. The van der Waals surface area contributed by atoms with E-state index >= 15 is 0 Å². The summed E-state index contributed by atoms with van der Waals surface area (Å²) in [5, 5.41) is 6.56. The Morgan fingerprint density at radius 2 is 1.80 bits per heavy atom. The number of sulfonamides is 1. The molecule has 1 atom stereocenters. The van der Waals surface area contributed by atoms with Gasteiger partial charge in [0.05, 0.1) is 17.6 Å². The van der Waals surface area contributed by atoms with Crippen LogP contribution in [-0.2, 0) is 14.8 Å². The predicted octanol–water partition coefficient (Wildman–Crippen LogP) is 6.38. The van der Waals surface area contributed by atoms with E-state index in [1.54, 1.807) is 11.0 Å². The van der Waals surface area contributed by atoms with Crippen molar-refractivity contribution in [2.24, 2.45) is 11.3 Å². The maximum absolute atomic E-state index is 13.2. The van der Waals surface area contributed by atoms with E-state index in [2.05, 4.69) is 20.4 Å². The first-order valence-electron chi connectivity index (χ1n) is 16.4. The van der Waals surface area contributed by atoms with Crippen molar-refractivity contribution < 1.29 is 40.7 Å². The number of nitrogens with zero attached hydrogens (tertiary/aromatic N) is 5. The molecule has 5 rings (SSSR count). The van der Waals surface area contributed by atoms with Gasteiger partial charge in [-0.2, -0.15) is 21.6 Å². The van der Waals surface area contributed by atoms with Gasteiger partial charge in [0.1, 0.15) is 16.6 Å². The fourth-order valence-electron chi connectivity index (χ4n) is 5.97. The Morgan fingerprint density at radius 1 is 1.08 bits per heavy atom. The summed E-state index contributed by atoms with van der Waals surface area (Å²) in [5.74, 6) is -0.370. The first-order valence-corrected chi connectivity index (χ1v) is 18.3. The van der Waals surface area contributed by atoms with Crippen LogP contribution < -0.4 is 14.8 Å². The summed E-state index contributed by atoms with van der Waals surface area (Å²) in [5.41, 5.74) is -2.97. The second kappa shape index (κ2) is 14.1. The third-order valence-corrected chi connectivity index (χ3v) is 10.7. The second-order valence-electron chi connectivity index (χ2n) is 14.3. The average molecular weight is 756 g/mol. The Labute approximate surface area is 299 Å². The molecular weight excluding hydrogens is 715 g/mol. The number of nitrogens with one attached hydrogen (secondary N) is 2. The maximum Gasteiger partial charge on any atom is 0.410 e. The molecule has 2 fully saturated rings. The summed E-state index contributed by atoms with van der Waals surface area (Å²) in [6.07, 6.45) is -1.73. The van der Waals surface area contributed by atoms with Crippen LogP contribution in [0.5, 0.6) is 5.88 Å². The molecule has 1 aliphatic carbocycles. The van der Waals surface area contributed by atoms with Crippen molar-refractivity contribution in [3.05, 3.63) is 53.3 Å². The van der Waals surface area contributed by atoms with E-state index in [1.807, 2.05) is 39.3 Å². The fraction of sp³-hybridized carbons (Fsp3) is 0.545. The van der Waals surface area contributed by atoms with Crippen LogP contribution in [0.2, 0.25) is 5.15 Å². The highest BCUT2D eigenvalue weighted by molar-refractivity contribution is 7.90. The number of anilines is 1. The zero-order valence-electron chi connectivity index (χ0n) is 28.9. The van der Waals surface area contributed by atoms with E-state index in [-0.39, 0.29) is 66.1 Å². The lowest BCUT2D eigenvalue weighted by atomic mass is 9.86. The number of pyridine rings is 2. The molecular formula is C33H41ClF3N7O6S. The van der Waals surface area contributed by atoms with Gasteiger partial charge in [-0.3, -0.25) is 4.79 Å². The number of rotatable bonds is 12. The molecule has 0 bridgehead atoms. The molecule has 4 heterocycles. The molecule has 1 saturated carbocycles. The average Bonchev–Trinajstić information content (AvgIpc) is 3.57. The lowest BCUT2D eigenvalue weighted by Crippen LogP contribution is -2.48. The number of carbonyl (C=O) groups is 2. The molecule has 13 nitrogen and oxygen atoms in total. The molecule has 0 aromatic carbocycles. The monoisotopic (exact) mass is 755 g/mol. The van der Waals surface area contributed by atoms with Crippen molar-refractivity contribution in [2.45, 2.75) is 89.1 Å². The van der Waals surface area contributed by atoms with Crippen LogP contribution in [0, 0.1) is 11.3 Å². The van der Waals surface area contributed by atoms with Crippen molar-refractivity contribution in [1.29, 1.82) is 0 Å². The minimum Gasteiger partial charge on any atom is -0.477 e. The summed E-state index contributed by atoms with van der Waals surface area (Å²) in [4.78, 5) is 35.7. The second-order valence-corrected chi connectivity index (χ2v) is 16.3. The Bertz CT molecular complexity index is 1880. The molecule has 51 heavy (non-hydrogen) atoms. The molecule has 3 aromatic heterocycles. The van der Waals surface area contributed by atoms with Crippen LogP contribution in [-0.4, -0.2) is 82.1 Å². The van der Waals surface area contributed by atoms with Gasteiger partial charge in [-0.05, 0) is 96.9 Å². The largest absolute Gasteiger partial charge is 0.477 e. The molecule has 1 saturated heterocycles. The highest BCUT2D eigenvalue weighted by Crippen LogP contribution is 2.59. The van der Waals surface area contributed by atoms with E-state index in [9.17, 15) is 31.2 Å². The number of hydrogen-bond acceptors (Lipinski definition) is 10. The van der Waals surface area contributed by atoms with E-state index < -0.39 is 43.7 Å². The highest BCUT2D eigenvalue weighted by Gasteiger charge is 2.62. The Balaban J connectivity index is 1.15. The highest BCUT2D eigenvalue weighted by atomic mass is 35.5. The van der Waals surface area contributed by atoms with Crippen molar-refractivity contribution in [3.63, 3.8) is 0 Å². The molecule has 2 amide bonds. The van der Waals surface area contributed by atoms with Gasteiger partial charge in [-0.15, -0.1) is 5.10 Å². The number of amides is 2. The van der Waals surface area contributed by atoms with Crippen LogP contribution in [0.3, 0.4) is 0 Å². The summed E-state index contributed by atoms with van der Waals surface area (Å²) >= 11 is 6.25. The van der Waals surface area contributed by atoms with Crippen LogP contribution in [0.25, 0.3) is 5.82 Å². The van der Waals surface area contributed by atoms with Gasteiger partial charge < -0.3 is 19.7 Å². The van der Waals surface area contributed by atoms with E-state index in [1.165, 1.54) is 41.2 Å². The molecule has 0 unspecified atom stereocenters. The van der Waals surface area contributed by atoms with Gasteiger partial charge in [0.2, 0.25) is 5.88 Å². The standard InChI is InChI=1S/C33H41ClF3N7O6S/c1-30(2,3)50-29(46)43-18-12-21(31(43,4)5)11-17-38-23-7-6-8-26(39-23)51(47,48)42-28(45)22-9-10-24(40-27(22)34)44-19-13-25(41-44)49-20-16-32(14-15-32)33(35,36)37/h6-10,13,19,21H,11-12,14-18,20H2,1-5H3,(H,38,39)(H,42,45)/t21-/m0/s1. The van der Waals surface area contributed by atoms with Gasteiger partial charge in [-0.25, -0.2) is 24.2 Å². The minimum atomic E-state index is -4.42. The smallest absolute Gasteiger partial charge is 0.410 e. The molecule has 0 spiro atoms. The molecule has 2 aliphatic rings. The lowest BCUT2D eigenvalue weighted by molar-refractivity contribution is -0.190. The van der Waals surface area contributed by atoms with E-state index in [0.29, 0.717) is 19.5 Å². The molecule has 278 valence electrons. The van der Waals surface area contributed by atoms with Crippen LogP contribution in [0.15, 0.2) is 47.6 Å². The zero-order valence-corrected chi connectivity index (χ0v) is 30.5. The number of alkyl halides is 3. The van der Waals surface area contributed by atoms with Crippen LogP contribution in [0.4, 0.5) is 23.8 Å². The zero-order chi connectivity index (χ0) is 37.4. The van der Waals surface area contributed by atoms with Gasteiger partial charge >= 0.3 is 12.3 Å². The maximum atomic E-state index is 13.2. The number of likely N-dealkylation sites (tertiary alicyclic amines) is 1. The SMILES string of the molecule is CC(C)(C)OC(=O)N1CC[C@H](CCNc2cccc(S(=O)(=O)NC(=O)c3ccc(-n4ccc(OCCC5(C(F)(F)F)CC5)n4)nc3Cl)n2)C1(C)C. The normalized spacial score (nSPS) is 18.3. The first-order chi connectivity index (χ1) is 23.7. The van der Waals surface area contributed by atoms with Gasteiger partial charge in [0.15, 0.2) is 10.8 Å². The number of aromatic nitrogens is 4. The molecule has 0 radical (unpaired) electrons. The van der Waals surface area contributed by atoms with Crippen LogP contribution in [0.1, 0.15) is 77.1 Å². The topological polar surface area (TPSA) is 158 Å². The van der Waals surface area contributed by atoms with Gasteiger partial charge in [0.25, 0.3) is 15.9 Å². The van der Waals surface area contributed by atoms with Crippen molar-refractivity contribution in [3.8, 4) is 11.7 Å². The number of carbonyl (C=O) groups excluding carboxylic acids is 2. The van der Waals surface area contributed by atoms with Gasteiger partial charge in [0, 0.05) is 30.9 Å². The molecule has 2 N–H and O–H groups in total. The summed E-state index contributed by atoms with van der Waals surface area (Å²) in [7, 11) is -4.42. The quantitative estimate of drug-likeness (QED) is 0.199. The minimum absolute atomic E-state index is 0.0789. The van der Waals surface area contributed by atoms with Gasteiger partial charge in [-0.1, -0.05) is 17.7 Å². The number of halogens is 4. The number of ether oxygens (including phenoxy) is 2. The fourth-order valence-corrected chi connectivity index (χ4v) is 7.14. The molecule has 1 aliphatic heterocycles. The molecule has 18 heteroatoms. The summed E-state index contributed by atoms with van der Waals surface area (Å²) in [6.45, 7) is 10.3. The van der Waals surface area contributed by atoms with E-state index in [4.69, 9.17) is 21.1 Å². The lowest BCUT2D eigenvalue weighted by Gasteiger charge is -2.37. The Morgan fingerprint density at radius 3 is 2.45 bits per heavy atom. The Kier molecular flexibility index (Phi) is 10.6. The third-order valence-electron chi connectivity index (χ3n) is 9.20. The number of hydrogen-bond donors (Lipinski definition) is 2. The molecule has 3 aromatic rings. The van der Waals surface area contributed by atoms with Crippen molar-refractivity contribution in [1.82, 2.24) is 29.4 Å². The Hall–Kier alpha value is -4.12. The summed E-state index contributed by atoms with van der Waals surface area (Å²) < 4.78 is 79.9.